The summed E-state index contributed by atoms with van der Waals surface area (Å²) in [7, 11) is 1.85. The number of rotatable bonds is 6. The van der Waals surface area contributed by atoms with Crippen LogP contribution in [0.5, 0.6) is 0 Å². The molecule has 1 aliphatic heterocycles. The van der Waals surface area contributed by atoms with Crippen molar-refractivity contribution in [3.63, 3.8) is 0 Å². The predicted octanol–water partition coefficient (Wildman–Crippen LogP) is 3.41. The third-order valence-corrected chi connectivity index (χ3v) is 3.37. The molecule has 0 aromatic rings. The monoisotopic (exact) mass is 302 g/mol. The van der Waals surface area contributed by atoms with E-state index in [1.54, 1.807) is 11.8 Å². The Morgan fingerprint density at radius 2 is 1.90 bits per heavy atom. The Morgan fingerprint density at radius 3 is 2.43 bits per heavy atom. The summed E-state index contributed by atoms with van der Waals surface area (Å²) >= 11 is 0. The van der Waals surface area contributed by atoms with Crippen LogP contribution in [-0.2, 0) is 9.53 Å². The average Bonchev–Trinajstić information content (AvgIpc) is 2.54. The molecule has 1 fully saturated rings. The zero-order valence-electron chi connectivity index (χ0n) is 15.4. The molecule has 0 spiro atoms. The van der Waals surface area contributed by atoms with Gasteiger partial charge in [-0.25, -0.2) is 0 Å². The summed E-state index contributed by atoms with van der Waals surface area (Å²) in [5, 5.41) is 0. The van der Waals surface area contributed by atoms with Gasteiger partial charge >= 0.3 is 0 Å². The van der Waals surface area contributed by atoms with Gasteiger partial charge in [0.1, 0.15) is 0 Å². The number of amides is 1. The van der Waals surface area contributed by atoms with E-state index in [4.69, 9.17) is 4.74 Å². The van der Waals surface area contributed by atoms with Gasteiger partial charge in [-0.1, -0.05) is 41.0 Å². The Bertz CT molecular complexity index is 235. The second-order valence-electron chi connectivity index (χ2n) is 4.88. The summed E-state index contributed by atoms with van der Waals surface area (Å²) < 4.78 is 5.74. The Labute approximate surface area is 132 Å². The lowest BCUT2D eigenvalue weighted by Gasteiger charge is -2.33. The van der Waals surface area contributed by atoms with Crippen molar-refractivity contribution < 1.29 is 9.53 Å². The zero-order valence-corrected chi connectivity index (χ0v) is 15.4. The second kappa shape index (κ2) is 15.8. The van der Waals surface area contributed by atoms with E-state index in [0.29, 0.717) is 6.10 Å². The van der Waals surface area contributed by atoms with Crippen molar-refractivity contribution in [1.29, 1.82) is 0 Å². The van der Waals surface area contributed by atoms with E-state index in [1.807, 2.05) is 34.7 Å². The molecule has 0 N–H and O–H groups in total. The molecule has 0 aliphatic carbocycles. The van der Waals surface area contributed by atoms with Crippen molar-refractivity contribution in [2.45, 2.75) is 66.9 Å². The van der Waals surface area contributed by atoms with Crippen LogP contribution in [0.25, 0.3) is 0 Å². The minimum Gasteiger partial charge on any atom is -0.375 e. The lowest BCUT2D eigenvalue weighted by atomic mass is 10.2. The van der Waals surface area contributed by atoms with Crippen LogP contribution in [0.4, 0.5) is 0 Å². The average molecular weight is 303 g/mol. The summed E-state index contributed by atoms with van der Waals surface area (Å²) in [4.78, 5) is 15.3. The van der Waals surface area contributed by atoms with Crippen LogP contribution in [0.1, 0.15) is 60.8 Å². The van der Waals surface area contributed by atoms with E-state index in [1.165, 1.54) is 19.4 Å². The van der Waals surface area contributed by atoms with Crippen molar-refractivity contribution in [2.24, 2.45) is 0 Å². The maximum absolute atomic E-state index is 11.1. The summed E-state index contributed by atoms with van der Waals surface area (Å²) in [6.07, 6.45) is 3.75. The van der Waals surface area contributed by atoms with Crippen molar-refractivity contribution in [3.05, 3.63) is 0 Å². The molecule has 1 saturated heterocycles. The lowest BCUT2D eigenvalue weighted by molar-refractivity contribution is -0.128. The molecular formula is C17H38N2O2. The molecule has 4 nitrogen and oxygen atoms in total. The van der Waals surface area contributed by atoms with E-state index in [9.17, 15) is 4.79 Å². The largest absolute Gasteiger partial charge is 0.375 e. The van der Waals surface area contributed by atoms with Gasteiger partial charge in [-0.15, -0.1) is 0 Å². The van der Waals surface area contributed by atoms with Crippen LogP contribution in [0, 0.1) is 0 Å². The van der Waals surface area contributed by atoms with Gasteiger partial charge in [0.2, 0.25) is 5.91 Å². The Hall–Kier alpha value is -0.610. The minimum absolute atomic E-state index is 0.128. The van der Waals surface area contributed by atoms with Crippen LogP contribution >= 0.6 is 0 Å². The Balaban J connectivity index is 0. The number of hydrogen-bond acceptors (Lipinski definition) is 3. The molecule has 1 atom stereocenters. The molecule has 0 bridgehead atoms. The Morgan fingerprint density at radius 1 is 1.29 bits per heavy atom. The molecular weight excluding hydrogens is 264 g/mol. The van der Waals surface area contributed by atoms with Gasteiger partial charge in [0.25, 0.3) is 0 Å². The van der Waals surface area contributed by atoms with Gasteiger partial charge < -0.3 is 9.64 Å². The van der Waals surface area contributed by atoms with Gasteiger partial charge in [-0.3, -0.25) is 9.69 Å². The molecule has 1 amide bonds. The highest BCUT2D eigenvalue weighted by atomic mass is 16.5. The summed E-state index contributed by atoms with van der Waals surface area (Å²) in [6, 6.07) is 0. The quantitative estimate of drug-likeness (QED) is 0.754. The first-order chi connectivity index (χ1) is 10.1. The first kappa shape index (κ1) is 22.7. The van der Waals surface area contributed by atoms with Crippen LogP contribution < -0.4 is 0 Å². The van der Waals surface area contributed by atoms with Crippen molar-refractivity contribution in [1.82, 2.24) is 9.80 Å². The van der Waals surface area contributed by atoms with Crippen molar-refractivity contribution >= 4 is 5.91 Å². The smallest absolute Gasteiger partial charge is 0.219 e. The first-order valence-corrected chi connectivity index (χ1v) is 8.69. The predicted molar refractivity (Wildman–Crippen MR) is 91.7 cm³/mol. The fourth-order valence-corrected chi connectivity index (χ4v) is 2.03. The molecule has 0 saturated carbocycles. The molecule has 128 valence electrons. The highest BCUT2D eigenvalue weighted by Gasteiger charge is 2.20. The Kier molecular flexibility index (Phi) is 17.0. The molecule has 0 radical (unpaired) electrons. The van der Waals surface area contributed by atoms with Crippen LogP contribution in [0.2, 0.25) is 0 Å². The highest BCUT2D eigenvalue weighted by molar-refractivity contribution is 5.72. The zero-order chi connectivity index (χ0) is 16.7. The summed E-state index contributed by atoms with van der Waals surface area (Å²) in [5.74, 6) is 0.128. The second-order valence-corrected chi connectivity index (χ2v) is 4.88. The maximum Gasteiger partial charge on any atom is 0.219 e. The maximum atomic E-state index is 11.1. The van der Waals surface area contributed by atoms with E-state index >= 15 is 0 Å². The fourth-order valence-electron chi connectivity index (χ4n) is 2.03. The number of unbranched alkanes of at least 4 members (excludes halogenated alkanes) is 1. The molecule has 1 aliphatic rings. The minimum atomic E-state index is 0.128. The number of ether oxygens (including phenoxy) is 1. The van der Waals surface area contributed by atoms with Gasteiger partial charge in [0.15, 0.2) is 0 Å². The SMILES string of the molecule is CC.CC.CCCCN1CCOC(CCN(C)C(C)=O)C1. The summed E-state index contributed by atoms with van der Waals surface area (Å²) in [6.45, 7) is 16.7. The third-order valence-electron chi connectivity index (χ3n) is 3.37. The van der Waals surface area contributed by atoms with E-state index < -0.39 is 0 Å². The number of carbonyl (C=O) groups excluding carboxylic acids is 1. The first-order valence-electron chi connectivity index (χ1n) is 8.69. The number of carbonyl (C=O) groups is 1. The number of morpholine rings is 1. The molecule has 4 heteroatoms. The molecule has 0 aromatic heterocycles. The molecule has 21 heavy (non-hydrogen) atoms. The lowest BCUT2D eigenvalue weighted by Crippen LogP contribution is -2.44. The van der Waals surface area contributed by atoms with Crippen molar-refractivity contribution in [2.75, 3.05) is 39.8 Å². The van der Waals surface area contributed by atoms with Crippen molar-refractivity contribution in [3.8, 4) is 0 Å². The van der Waals surface area contributed by atoms with Gasteiger partial charge in [-0.2, -0.15) is 0 Å². The standard InChI is InChI=1S/C13H26N2O2.2C2H6/c1-4-5-7-15-9-10-17-13(11-15)6-8-14(3)12(2)16;2*1-2/h13H,4-11H2,1-3H3;2*1-2H3. The van der Waals surface area contributed by atoms with E-state index in [-0.39, 0.29) is 5.91 Å². The van der Waals surface area contributed by atoms with Crippen LogP contribution in [-0.4, -0.2) is 61.6 Å². The van der Waals surface area contributed by atoms with Gasteiger partial charge in [0.05, 0.1) is 12.7 Å². The van der Waals surface area contributed by atoms with Crippen LogP contribution in [0.15, 0.2) is 0 Å². The normalized spacial score (nSPS) is 18.0. The highest BCUT2D eigenvalue weighted by Crippen LogP contribution is 2.10. The molecule has 1 heterocycles. The summed E-state index contributed by atoms with van der Waals surface area (Å²) in [5.41, 5.74) is 0. The van der Waals surface area contributed by atoms with E-state index in [0.717, 1.165) is 32.7 Å². The van der Waals surface area contributed by atoms with Crippen LogP contribution in [0.3, 0.4) is 0 Å². The van der Waals surface area contributed by atoms with Gasteiger partial charge in [0, 0.05) is 33.6 Å². The molecule has 1 unspecified atom stereocenters. The number of nitrogens with zero attached hydrogens (tertiary/aromatic N) is 2. The molecule has 1 rings (SSSR count). The topological polar surface area (TPSA) is 32.8 Å². The van der Waals surface area contributed by atoms with Gasteiger partial charge in [-0.05, 0) is 19.4 Å². The fraction of sp³-hybridized carbons (Fsp3) is 0.941. The molecule has 0 aromatic carbocycles. The van der Waals surface area contributed by atoms with E-state index in [2.05, 4.69) is 11.8 Å². The number of hydrogen-bond donors (Lipinski definition) is 0. The third kappa shape index (κ3) is 11.7.